The van der Waals surface area contributed by atoms with E-state index in [-0.39, 0.29) is 5.91 Å². The fraction of sp³-hybridized carbons (Fsp3) is 0.231. The molecule has 5 heteroatoms. The van der Waals surface area contributed by atoms with E-state index in [0.29, 0.717) is 15.8 Å². The van der Waals surface area contributed by atoms with Crippen molar-refractivity contribution in [2.45, 2.75) is 13.8 Å². The molecule has 1 aliphatic rings. The van der Waals surface area contributed by atoms with Crippen molar-refractivity contribution in [3.05, 3.63) is 41.0 Å². The highest BCUT2D eigenvalue weighted by Crippen LogP contribution is 2.35. The van der Waals surface area contributed by atoms with Gasteiger partial charge in [-0.25, -0.2) is 0 Å². The number of thiocarbonyl (C=S) groups is 1. The summed E-state index contributed by atoms with van der Waals surface area (Å²) in [6, 6.07) is 7.68. The van der Waals surface area contributed by atoms with E-state index in [9.17, 15) is 4.79 Å². The van der Waals surface area contributed by atoms with E-state index >= 15 is 0 Å². The molecule has 0 atom stereocenters. The maximum Gasteiger partial charge on any atom is 0.273 e. The molecule has 1 amide bonds. The molecule has 94 valence electrons. The van der Waals surface area contributed by atoms with Crippen LogP contribution in [0.3, 0.4) is 0 Å². The van der Waals surface area contributed by atoms with Crippen LogP contribution in [-0.4, -0.2) is 16.8 Å². The summed E-state index contributed by atoms with van der Waals surface area (Å²) < 4.78 is 5.70. The van der Waals surface area contributed by atoms with Crippen LogP contribution in [0.4, 0.5) is 5.69 Å². The molecule has 1 fully saturated rings. The van der Waals surface area contributed by atoms with Crippen molar-refractivity contribution < 1.29 is 9.53 Å². The van der Waals surface area contributed by atoms with Gasteiger partial charge in [-0.1, -0.05) is 42.2 Å². The second-order valence-electron chi connectivity index (χ2n) is 3.73. The van der Waals surface area contributed by atoms with Crippen LogP contribution in [0.2, 0.25) is 0 Å². The van der Waals surface area contributed by atoms with Crippen LogP contribution in [0.5, 0.6) is 0 Å². The average Bonchev–Trinajstić information content (AvgIpc) is 2.63. The number of aryl methyl sites for hydroxylation is 1. The molecular weight excluding hydrogens is 266 g/mol. The average molecular weight is 279 g/mol. The lowest BCUT2D eigenvalue weighted by Gasteiger charge is -2.16. The molecule has 0 aromatic heterocycles. The van der Waals surface area contributed by atoms with Crippen LogP contribution in [0.25, 0.3) is 0 Å². The molecule has 0 saturated carbocycles. The van der Waals surface area contributed by atoms with Gasteiger partial charge in [0, 0.05) is 0 Å². The zero-order valence-electron chi connectivity index (χ0n) is 10.2. The molecule has 0 radical (unpaired) electrons. The molecule has 1 heterocycles. The van der Waals surface area contributed by atoms with Gasteiger partial charge < -0.3 is 4.74 Å². The predicted molar refractivity (Wildman–Crippen MR) is 78.6 cm³/mol. The standard InChI is InChI=1S/C13H13NO2S2/c1-3-16-8-11-12(15)14(13(17)18-11)10-7-5-4-6-9(10)2/h4-8H,3H2,1-2H3/b11-8+. The number of amides is 1. The second-order valence-corrected chi connectivity index (χ2v) is 5.41. The number of hydrogen-bond donors (Lipinski definition) is 0. The molecule has 2 rings (SSSR count). The first-order chi connectivity index (χ1) is 8.65. The molecule has 1 aromatic carbocycles. The Morgan fingerprint density at radius 1 is 1.44 bits per heavy atom. The van der Waals surface area contributed by atoms with Gasteiger partial charge >= 0.3 is 0 Å². The van der Waals surface area contributed by atoms with Crippen molar-refractivity contribution in [2.75, 3.05) is 11.5 Å². The topological polar surface area (TPSA) is 29.5 Å². The highest BCUT2D eigenvalue weighted by Gasteiger charge is 2.34. The van der Waals surface area contributed by atoms with E-state index in [0.717, 1.165) is 11.3 Å². The zero-order valence-corrected chi connectivity index (χ0v) is 11.8. The predicted octanol–water partition coefficient (Wildman–Crippen LogP) is 3.24. The lowest BCUT2D eigenvalue weighted by Crippen LogP contribution is -2.28. The highest BCUT2D eigenvalue weighted by molar-refractivity contribution is 8.27. The van der Waals surface area contributed by atoms with Crippen LogP contribution in [0.15, 0.2) is 35.4 Å². The van der Waals surface area contributed by atoms with Gasteiger partial charge in [-0.15, -0.1) is 0 Å². The third-order valence-electron chi connectivity index (χ3n) is 2.51. The molecule has 1 aliphatic heterocycles. The Bertz CT molecular complexity index is 525. The summed E-state index contributed by atoms with van der Waals surface area (Å²) in [5.41, 5.74) is 1.85. The Labute approximate surface area is 116 Å². The van der Waals surface area contributed by atoms with Crippen molar-refractivity contribution in [2.24, 2.45) is 0 Å². The van der Waals surface area contributed by atoms with Gasteiger partial charge in [0.2, 0.25) is 0 Å². The van der Waals surface area contributed by atoms with Crippen molar-refractivity contribution in [1.82, 2.24) is 0 Å². The monoisotopic (exact) mass is 279 g/mol. The minimum Gasteiger partial charge on any atom is -0.500 e. The van der Waals surface area contributed by atoms with Crippen LogP contribution in [-0.2, 0) is 9.53 Å². The van der Waals surface area contributed by atoms with E-state index in [1.165, 1.54) is 18.0 Å². The quantitative estimate of drug-likeness (QED) is 0.482. The fourth-order valence-electron chi connectivity index (χ4n) is 1.63. The number of nitrogens with zero attached hydrogens (tertiary/aromatic N) is 1. The maximum absolute atomic E-state index is 12.2. The number of ether oxygens (including phenoxy) is 1. The smallest absolute Gasteiger partial charge is 0.273 e. The molecule has 1 saturated heterocycles. The molecule has 0 N–H and O–H groups in total. The molecule has 1 aromatic rings. The first-order valence-corrected chi connectivity index (χ1v) is 6.81. The summed E-state index contributed by atoms with van der Waals surface area (Å²) in [5, 5.41) is 0. The SMILES string of the molecule is CCO/C=C1/SC(=S)N(c2ccccc2C)C1=O. The van der Waals surface area contributed by atoms with E-state index in [1.807, 2.05) is 38.1 Å². The second kappa shape index (κ2) is 5.54. The van der Waals surface area contributed by atoms with E-state index in [1.54, 1.807) is 4.90 Å². The number of carbonyl (C=O) groups excluding carboxylic acids is 1. The number of para-hydroxylation sites is 1. The highest BCUT2D eigenvalue weighted by atomic mass is 32.2. The van der Waals surface area contributed by atoms with Crippen molar-refractivity contribution in [1.29, 1.82) is 0 Å². The molecular formula is C13H13NO2S2. The minimum atomic E-state index is -0.118. The third-order valence-corrected chi connectivity index (χ3v) is 3.79. The normalized spacial score (nSPS) is 17.7. The number of thioether (sulfide) groups is 1. The molecule has 0 unspecified atom stereocenters. The lowest BCUT2D eigenvalue weighted by atomic mass is 10.2. The van der Waals surface area contributed by atoms with Crippen LogP contribution in [0, 0.1) is 6.92 Å². The Balaban J connectivity index is 2.33. The first-order valence-electron chi connectivity index (χ1n) is 5.58. The number of carbonyl (C=O) groups is 1. The van der Waals surface area contributed by atoms with E-state index < -0.39 is 0 Å². The molecule has 18 heavy (non-hydrogen) atoms. The van der Waals surface area contributed by atoms with Gasteiger partial charge in [0.1, 0.15) is 11.2 Å². The van der Waals surface area contributed by atoms with Crippen molar-refractivity contribution in [3.63, 3.8) is 0 Å². The number of anilines is 1. The summed E-state index contributed by atoms with van der Waals surface area (Å²) in [6.07, 6.45) is 1.48. The van der Waals surface area contributed by atoms with Crippen LogP contribution in [0.1, 0.15) is 12.5 Å². The van der Waals surface area contributed by atoms with Gasteiger partial charge in [0.25, 0.3) is 5.91 Å². The largest absolute Gasteiger partial charge is 0.500 e. The number of hydrogen-bond acceptors (Lipinski definition) is 4. The van der Waals surface area contributed by atoms with Gasteiger partial charge in [-0.3, -0.25) is 9.69 Å². The Hall–Kier alpha value is -1.33. The van der Waals surface area contributed by atoms with E-state index in [4.69, 9.17) is 17.0 Å². The van der Waals surface area contributed by atoms with Gasteiger partial charge in [0.15, 0.2) is 4.32 Å². The summed E-state index contributed by atoms with van der Waals surface area (Å²) in [7, 11) is 0. The van der Waals surface area contributed by atoms with Gasteiger partial charge in [-0.2, -0.15) is 0 Å². The maximum atomic E-state index is 12.2. The third kappa shape index (κ3) is 2.42. The summed E-state index contributed by atoms with van der Waals surface area (Å²) in [6.45, 7) is 4.37. The Morgan fingerprint density at radius 3 is 2.83 bits per heavy atom. The summed E-state index contributed by atoms with van der Waals surface area (Å²) >= 11 is 6.53. The van der Waals surface area contributed by atoms with Crippen molar-refractivity contribution in [3.8, 4) is 0 Å². The number of rotatable bonds is 3. The zero-order chi connectivity index (χ0) is 13.1. The van der Waals surface area contributed by atoms with Gasteiger partial charge in [-0.05, 0) is 25.5 Å². The van der Waals surface area contributed by atoms with Crippen molar-refractivity contribution >= 4 is 39.9 Å². The molecule has 0 spiro atoms. The van der Waals surface area contributed by atoms with Crippen LogP contribution >= 0.6 is 24.0 Å². The summed E-state index contributed by atoms with van der Waals surface area (Å²) in [4.78, 5) is 14.3. The molecule has 3 nitrogen and oxygen atoms in total. The van der Waals surface area contributed by atoms with E-state index in [2.05, 4.69) is 0 Å². The minimum absolute atomic E-state index is 0.118. The fourth-order valence-corrected chi connectivity index (χ4v) is 2.84. The Morgan fingerprint density at radius 2 is 2.17 bits per heavy atom. The molecule has 0 aliphatic carbocycles. The summed E-state index contributed by atoms with van der Waals surface area (Å²) in [5.74, 6) is -0.118. The lowest BCUT2D eigenvalue weighted by molar-refractivity contribution is -0.113. The molecule has 0 bridgehead atoms. The van der Waals surface area contributed by atoms with Crippen LogP contribution < -0.4 is 4.90 Å². The van der Waals surface area contributed by atoms with Gasteiger partial charge in [0.05, 0.1) is 12.3 Å². The number of benzene rings is 1. The first kappa shape index (κ1) is 13.1. The Kier molecular flexibility index (Phi) is 4.04.